The van der Waals surface area contributed by atoms with Gasteiger partial charge in [-0.2, -0.15) is 5.26 Å². The molecule has 0 radical (unpaired) electrons. The standard InChI is InChI=1S/C11H9FN2O3S/c1-11(2)10(15)14(18(11,16)17)9-5-3-4-8(12)7(9)6-13/h3-5H,1-2H3. The van der Waals surface area contributed by atoms with Crippen LogP contribution in [0.5, 0.6) is 0 Å². The third kappa shape index (κ3) is 1.29. The van der Waals surface area contributed by atoms with E-state index in [4.69, 9.17) is 5.26 Å². The van der Waals surface area contributed by atoms with E-state index in [1.54, 1.807) is 6.07 Å². The highest BCUT2D eigenvalue weighted by atomic mass is 32.2. The van der Waals surface area contributed by atoms with Crippen molar-refractivity contribution >= 4 is 21.6 Å². The number of nitriles is 1. The van der Waals surface area contributed by atoms with E-state index in [2.05, 4.69) is 0 Å². The van der Waals surface area contributed by atoms with Crippen molar-refractivity contribution in [1.82, 2.24) is 0 Å². The first kappa shape index (κ1) is 12.5. The SMILES string of the molecule is CC1(C)C(=O)N(c2cccc(F)c2C#N)S1(=O)=O. The Morgan fingerprint density at radius 3 is 2.50 bits per heavy atom. The lowest BCUT2D eigenvalue weighted by Gasteiger charge is -2.43. The van der Waals surface area contributed by atoms with Crippen LogP contribution in [0, 0.1) is 17.1 Å². The number of hydrogen-bond acceptors (Lipinski definition) is 4. The van der Waals surface area contributed by atoms with Gasteiger partial charge in [0.2, 0.25) is 0 Å². The Bertz CT molecular complexity index is 689. The predicted octanol–water partition coefficient (Wildman–Crippen LogP) is 1.15. The first-order valence-electron chi connectivity index (χ1n) is 5.03. The molecule has 1 aromatic rings. The summed E-state index contributed by atoms with van der Waals surface area (Å²) in [5.74, 6) is -1.53. The average Bonchev–Trinajstić information content (AvgIpc) is 2.29. The molecule has 0 bridgehead atoms. The molecule has 0 N–H and O–H groups in total. The first-order valence-corrected chi connectivity index (χ1v) is 6.47. The maximum Gasteiger partial charge on any atom is 0.263 e. The molecule has 18 heavy (non-hydrogen) atoms. The lowest BCUT2D eigenvalue weighted by molar-refractivity contribution is -0.120. The van der Waals surface area contributed by atoms with Gasteiger partial charge in [0.05, 0.1) is 5.69 Å². The van der Waals surface area contributed by atoms with Gasteiger partial charge in [0.25, 0.3) is 15.9 Å². The number of amides is 1. The fourth-order valence-corrected chi connectivity index (χ4v) is 3.18. The van der Waals surface area contributed by atoms with Gasteiger partial charge in [-0.15, -0.1) is 0 Å². The summed E-state index contributed by atoms with van der Waals surface area (Å²) < 4.78 is 36.2. The highest BCUT2D eigenvalue weighted by molar-refractivity contribution is 7.98. The average molecular weight is 268 g/mol. The zero-order valence-corrected chi connectivity index (χ0v) is 10.5. The third-order valence-electron chi connectivity index (χ3n) is 2.91. The van der Waals surface area contributed by atoms with Crippen molar-refractivity contribution in [3.05, 3.63) is 29.6 Å². The molecule has 5 nitrogen and oxygen atoms in total. The number of hydrogen-bond donors (Lipinski definition) is 0. The van der Waals surface area contributed by atoms with E-state index in [1.165, 1.54) is 26.0 Å². The van der Waals surface area contributed by atoms with E-state index in [1.807, 2.05) is 0 Å². The number of rotatable bonds is 1. The molecule has 1 aromatic carbocycles. The van der Waals surface area contributed by atoms with Gasteiger partial charge in [-0.1, -0.05) is 6.07 Å². The smallest absolute Gasteiger partial charge is 0.263 e. The number of halogens is 1. The Hall–Kier alpha value is -1.94. The molecule has 7 heteroatoms. The van der Waals surface area contributed by atoms with Gasteiger partial charge >= 0.3 is 0 Å². The highest BCUT2D eigenvalue weighted by Gasteiger charge is 2.61. The minimum atomic E-state index is -3.89. The van der Waals surface area contributed by atoms with Gasteiger partial charge in [0.1, 0.15) is 17.4 Å². The molecular weight excluding hydrogens is 259 g/mol. The Balaban J connectivity index is 2.65. The minimum absolute atomic E-state index is 0.234. The van der Waals surface area contributed by atoms with E-state index in [0.29, 0.717) is 4.31 Å². The molecule has 0 atom stereocenters. The number of carbonyl (C=O) groups is 1. The second-order valence-electron chi connectivity index (χ2n) is 4.33. The quantitative estimate of drug-likeness (QED) is 0.765. The van der Waals surface area contributed by atoms with Crippen LogP contribution < -0.4 is 4.31 Å². The summed E-state index contributed by atoms with van der Waals surface area (Å²) in [4.78, 5) is 11.8. The molecule has 0 aliphatic carbocycles. The molecular formula is C11H9FN2O3S. The van der Waals surface area contributed by atoms with Crippen molar-refractivity contribution in [2.24, 2.45) is 0 Å². The monoisotopic (exact) mass is 268 g/mol. The molecule has 1 saturated heterocycles. The van der Waals surface area contributed by atoms with Gasteiger partial charge in [0, 0.05) is 0 Å². The summed E-state index contributed by atoms with van der Waals surface area (Å²) in [5.41, 5.74) is -0.688. The third-order valence-corrected chi connectivity index (χ3v) is 5.21. The molecule has 0 aromatic heterocycles. The fourth-order valence-electron chi connectivity index (χ4n) is 1.68. The maximum absolute atomic E-state index is 13.4. The second kappa shape index (κ2) is 3.53. The van der Waals surface area contributed by atoms with E-state index in [9.17, 15) is 17.6 Å². The largest absolute Gasteiger partial charge is 0.272 e. The van der Waals surface area contributed by atoms with Crippen molar-refractivity contribution < 1.29 is 17.6 Å². The summed E-state index contributed by atoms with van der Waals surface area (Å²) >= 11 is 0. The maximum atomic E-state index is 13.4. The van der Waals surface area contributed by atoms with Crippen LogP contribution in [0.4, 0.5) is 10.1 Å². The molecule has 0 unspecified atom stereocenters. The Morgan fingerprint density at radius 2 is 2.00 bits per heavy atom. The van der Waals surface area contributed by atoms with E-state index in [-0.39, 0.29) is 5.69 Å². The second-order valence-corrected chi connectivity index (χ2v) is 6.67. The van der Waals surface area contributed by atoms with Crippen LogP contribution in [0.2, 0.25) is 0 Å². The molecule has 0 spiro atoms. The van der Waals surface area contributed by atoms with Gasteiger partial charge < -0.3 is 0 Å². The van der Waals surface area contributed by atoms with Gasteiger partial charge in [-0.05, 0) is 26.0 Å². The Kier molecular flexibility index (Phi) is 2.45. The van der Waals surface area contributed by atoms with Gasteiger partial charge in [-0.25, -0.2) is 17.1 Å². The zero-order chi connectivity index (χ0) is 13.7. The van der Waals surface area contributed by atoms with Crippen LogP contribution in [0.25, 0.3) is 0 Å². The molecule has 2 rings (SSSR count). The molecule has 94 valence electrons. The Labute approximate surface area is 103 Å². The zero-order valence-electron chi connectivity index (χ0n) is 9.64. The summed E-state index contributed by atoms with van der Waals surface area (Å²) in [6.07, 6.45) is 0. The van der Waals surface area contributed by atoms with Gasteiger partial charge in [-0.3, -0.25) is 4.79 Å². The first-order chi connectivity index (χ1) is 8.25. The number of carbonyl (C=O) groups excluding carboxylic acids is 1. The molecule has 1 fully saturated rings. The number of anilines is 1. The summed E-state index contributed by atoms with van der Waals surface area (Å²) in [6, 6.07) is 5.08. The Morgan fingerprint density at radius 1 is 1.39 bits per heavy atom. The number of benzene rings is 1. The number of nitrogens with zero attached hydrogens (tertiary/aromatic N) is 2. The van der Waals surface area contributed by atoms with E-state index >= 15 is 0 Å². The van der Waals surface area contributed by atoms with Crippen LogP contribution >= 0.6 is 0 Å². The van der Waals surface area contributed by atoms with Crippen LogP contribution in [0.3, 0.4) is 0 Å². The summed E-state index contributed by atoms with van der Waals surface area (Å²) in [7, 11) is -3.89. The lowest BCUT2D eigenvalue weighted by Crippen LogP contribution is -2.67. The highest BCUT2D eigenvalue weighted by Crippen LogP contribution is 2.40. The van der Waals surface area contributed by atoms with Crippen molar-refractivity contribution in [3.63, 3.8) is 0 Å². The summed E-state index contributed by atoms with van der Waals surface area (Å²) in [6.45, 7) is 2.54. The molecule has 1 aliphatic heterocycles. The van der Waals surface area contributed by atoms with E-state index < -0.39 is 32.1 Å². The van der Waals surface area contributed by atoms with Crippen molar-refractivity contribution in [2.45, 2.75) is 18.6 Å². The molecule has 1 heterocycles. The van der Waals surface area contributed by atoms with Crippen LogP contribution in [-0.2, 0) is 14.8 Å². The molecule has 1 aliphatic rings. The summed E-state index contributed by atoms with van der Waals surface area (Å²) in [5, 5.41) is 8.83. The normalized spacial score (nSPS) is 20.1. The van der Waals surface area contributed by atoms with Crippen molar-refractivity contribution in [2.75, 3.05) is 4.31 Å². The molecule has 1 amide bonds. The van der Waals surface area contributed by atoms with Crippen molar-refractivity contribution in [3.8, 4) is 6.07 Å². The van der Waals surface area contributed by atoms with Crippen LogP contribution in [0.15, 0.2) is 18.2 Å². The molecule has 0 saturated carbocycles. The fraction of sp³-hybridized carbons (Fsp3) is 0.273. The van der Waals surface area contributed by atoms with E-state index in [0.717, 1.165) is 6.07 Å². The topological polar surface area (TPSA) is 78.2 Å². The van der Waals surface area contributed by atoms with Gasteiger partial charge in [0.15, 0.2) is 4.75 Å². The lowest BCUT2D eigenvalue weighted by atomic mass is 10.1. The van der Waals surface area contributed by atoms with Crippen molar-refractivity contribution in [1.29, 1.82) is 5.26 Å². The van der Waals surface area contributed by atoms with Crippen LogP contribution in [0.1, 0.15) is 19.4 Å². The minimum Gasteiger partial charge on any atom is -0.272 e. The predicted molar refractivity (Wildman–Crippen MR) is 61.6 cm³/mol. The van der Waals surface area contributed by atoms with Crippen LogP contribution in [-0.4, -0.2) is 19.1 Å². The number of sulfonamides is 1.